The highest BCUT2D eigenvalue weighted by molar-refractivity contribution is 7.92. The summed E-state index contributed by atoms with van der Waals surface area (Å²) in [6.45, 7) is 0. The number of carbonyl (C=O) groups is 3. The zero-order chi connectivity index (χ0) is 23.9. The minimum Gasteiger partial charge on any atom is -0.307 e. The van der Waals surface area contributed by atoms with Gasteiger partial charge in [0.15, 0.2) is 0 Å². The summed E-state index contributed by atoms with van der Waals surface area (Å²) in [6, 6.07) is 9.27. The molecule has 170 valence electrons. The van der Waals surface area contributed by atoms with Crippen LogP contribution in [-0.4, -0.2) is 26.3 Å². The first kappa shape index (κ1) is 23.2. The van der Waals surface area contributed by atoms with Gasteiger partial charge in [-0.05, 0) is 48.0 Å². The van der Waals surface area contributed by atoms with Gasteiger partial charge in [-0.15, -0.1) is 11.3 Å². The number of imide groups is 1. The van der Waals surface area contributed by atoms with Gasteiger partial charge in [0.2, 0.25) is 5.91 Å². The molecule has 33 heavy (non-hydrogen) atoms. The summed E-state index contributed by atoms with van der Waals surface area (Å²) in [6.07, 6.45) is -0.0711. The standard InChI is InChI=1S/C20H12Cl2FN3O5S2/c21-15-9-17(32-18(15)22)33(30,31)25-20(29)24-12-3-5-13(6-4-12)26-16(27)7-10-1-2-11(23)8-14(10)19(26)28/h1-6,8-9H,7H2,(H2,24,25,29). The van der Waals surface area contributed by atoms with E-state index in [1.165, 1.54) is 36.4 Å². The molecule has 1 aliphatic rings. The minimum absolute atomic E-state index is 0.0465. The lowest BCUT2D eigenvalue weighted by molar-refractivity contribution is -0.117. The molecule has 1 aromatic heterocycles. The van der Waals surface area contributed by atoms with Crippen LogP contribution < -0.4 is 14.9 Å². The molecule has 4 amide bonds. The van der Waals surface area contributed by atoms with E-state index >= 15 is 0 Å². The highest BCUT2D eigenvalue weighted by atomic mass is 35.5. The quantitative estimate of drug-likeness (QED) is 0.487. The molecule has 2 N–H and O–H groups in total. The summed E-state index contributed by atoms with van der Waals surface area (Å²) in [5.41, 5.74) is 0.931. The van der Waals surface area contributed by atoms with E-state index in [4.69, 9.17) is 23.2 Å². The van der Waals surface area contributed by atoms with E-state index in [2.05, 4.69) is 5.32 Å². The van der Waals surface area contributed by atoms with Gasteiger partial charge in [0, 0.05) is 11.3 Å². The van der Waals surface area contributed by atoms with E-state index in [1.807, 2.05) is 4.72 Å². The fourth-order valence-electron chi connectivity index (χ4n) is 3.12. The van der Waals surface area contributed by atoms with Gasteiger partial charge in [-0.25, -0.2) is 27.2 Å². The van der Waals surface area contributed by atoms with Gasteiger partial charge >= 0.3 is 6.03 Å². The predicted molar refractivity (Wildman–Crippen MR) is 122 cm³/mol. The SMILES string of the molecule is O=C(Nc1ccc(N2C(=O)Cc3ccc(F)cc3C2=O)cc1)NS(=O)(=O)c1cc(Cl)c(Cl)s1. The average molecular weight is 528 g/mol. The summed E-state index contributed by atoms with van der Waals surface area (Å²) < 4.78 is 39.8. The minimum atomic E-state index is -4.19. The number of sulfonamides is 1. The lowest BCUT2D eigenvalue weighted by atomic mass is 9.97. The first-order chi connectivity index (χ1) is 15.5. The summed E-state index contributed by atoms with van der Waals surface area (Å²) in [5.74, 6) is -1.75. The number of hydrogen-bond acceptors (Lipinski definition) is 6. The highest BCUT2D eigenvalue weighted by Crippen LogP contribution is 2.34. The van der Waals surface area contributed by atoms with Crippen molar-refractivity contribution in [2.45, 2.75) is 10.6 Å². The molecule has 0 bridgehead atoms. The van der Waals surface area contributed by atoms with Crippen LogP contribution in [0.3, 0.4) is 0 Å². The van der Waals surface area contributed by atoms with Crippen LogP contribution in [0.4, 0.5) is 20.6 Å². The number of amides is 4. The average Bonchev–Trinajstić information content (AvgIpc) is 3.09. The van der Waals surface area contributed by atoms with Gasteiger partial charge in [0.05, 0.1) is 17.1 Å². The van der Waals surface area contributed by atoms with Crippen molar-refractivity contribution in [3.8, 4) is 0 Å². The Kier molecular flexibility index (Phi) is 6.14. The molecule has 0 saturated heterocycles. The van der Waals surface area contributed by atoms with E-state index in [0.29, 0.717) is 16.9 Å². The molecule has 0 saturated carbocycles. The maximum Gasteiger partial charge on any atom is 0.333 e. The van der Waals surface area contributed by atoms with Gasteiger partial charge in [0.25, 0.3) is 15.9 Å². The smallest absolute Gasteiger partial charge is 0.307 e. The largest absolute Gasteiger partial charge is 0.333 e. The molecule has 0 fully saturated rings. The summed E-state index contributed by atoms with van der Waals surface area (Å²) in [4.78, 5) is 38.3. The van der Waals surface area contributed by atoms with Crippen molar-refractivity contribution in [3.05, 3.63) is 74.8 Å². The Morgan fingerprint density at radius 2 is 1.76 bits per heavy atom. The van der Waals surface area contributed by atoms with Crippen molar-refractivity contribution >= 4 is 73.8 Å². The number of nitrogens with one attached hydrogen (secondary N) is 2. The molecule has 13 heteroatoms. The Hall–Kier alpha value is -2.99. The number of benzene rings is 2. The van der Waals surface area contributed by atoms with Gasteiger partial charge < -0.3 is 5.32 Å². The zero-order valence-electron chi connectivity index (χ0n) is 16.3. The van der Waals surface area contributed by atoms with Crippen molar-refractivity contribution in [1.82, 2.24) is 4.72 Å². The van der Waals surface area contributed by atoms with Crippen LogP contribution in [0.1, 0.15) is 15.9 Å². The van der Waals surface area contributed by atoms with Crippen LogP contribution in [0.5, 0.6) is 0 Å². The summed E-state index contributed by atoms with van der Waals surface area (Å²) in [7, 11) is -4.19. The molecule has 0 unspecified atom stereocenters. The molecular weight excluding hydrogens is 516 g/mol. The number of fused-ring (bicyclic) bond motifs is 1. The Morgan fingerprint density at radius 3 is 2.39 bits per heavy atom. The monoisotopic (exact) mass is 527 g/mol. The van der Waals surface area contributed by atoms with E-state index in [0.717, 1.165) is 17.0 Å². The number of carbonyl (C=O) groups excluding carboxylic acids is 3. The second-order valence-electron chi connectivity index (χ2n) is 6.81. The third-order valence-corrected chi connectivity index (χ3v) is 8.26. The van der Waals surface area contributed by atoms with E-state index in [1.54, 1.807) is 0 Å². The first-order valence-electron chi connectivity index (χ1n) is 9.09. The molecule has 3 aromatic rings. The van der Waals surface area contributed by atoms with E-state index in [-0.39, 0.29) is 36.9 Å². The number of halogens is 3. The van der Waals surface area contributed by atoms with Crippen molar-refractivity contribution in [3.63, 3.8) is 0 Å². The van der Waals surface area contributed by atoms with Gasteiger partial charge in [-0.1, -0.05) is 29.3 Å². The Balaban J connectivity index is 1.48. The maximum atomic E-state index is 13.6. The van der Waals surface area contributed by atoms with Crippen LogP contribution in [-0.2, 0) is 21.2 Å². The Morgan fingerprint density at radius 1 is 1.06 bits per heavy atom. The fourth-order valence-corrected chi connectivity index (χ4v) is 5.91. The van der Waals surface area contributed by atoms with Crippen molar-refractivity contribution in [2.24, 2.45) is 0 Å². The summed E-state index contributed by atoms with van der Waals surface area (Å²) >= 11 is 12.2. The van der Waals surface area contributed by atoms with Crippen molar-refractivity contribution in [2.75, 3.05) is 10.2 Å². The second-order valence-corrected chi connectivity index (χ2v) is 10.8. The molecule has 0 atom stereocenters. The molecule has 8 nitrogen and oxygen atoms in total. The third kappa shape index (κ3) is 4.71. The molecule has 0 radical (unpaired) electrons. The predicted octanol–water partition coefficient (Wildman–Crippen LogP) is 4.43. The van der Waals surface area contributed by atoms with Crippen LogP contribution in [0.15, 0.2) is 52.7 Å². The third-order valence-electron chi connectivity index (χ3n) is 4.59. The van der Waals surface area contributed by atoms with Crippen molar-refractivity contribution in [1.29, 1.82) is 0 Å². The first-order valence-corrected chi connectivity index (χ1v) is 12.1. The normalized spacial score (nSPS) is 13.6. The van der Waals surface area contributed by atoms with Crippen LogP contribution in [0.2, 0.25) is 9.36 Å². The lowest BCUT2D eigenvalue weighted by Gasteiger charge is -2.27. The molecule has 0 spiro atoms. The molecule has 4 rings (SSSR count). The van der Waals surface area contributed by atoms with Crippen molar-refractivity contribution < 1.29 is 27.2 Å². The number of thiophene rings is 1. The zero-order valence-corrected chi connectivity index (χ0v) is 19.4. The number of nitrogens with zero attached hydrogens (tertiary/aromatic N) is 1. The molecule has 0 aliphatic carbocycles. The van der Waals surface area contributed by atoms with Crippen LogP contribution in [0.25, 0.3) is 0 Å². The van der Waals surface area contributed by atoms with Gasteiger partial charge in [0.1, 0.15) is 14.4 Å². The molecule has 2 aromatic carbocycles. The Labute approximate surface area is 201 Å². The number of rotatable bonds is 4. The number of hydrogen-bond donors (Lipinski definition) is 2. The maximum absolute atomic E-state index is 13.6. The van der Waals surface area contributed by atoms with Crippen LogP contribution >= 0.6 is 34.5 Å². The van der Waals surface area contributed by atoms with Gasteiger partial charge in [-0.3, -0.25) is 9.59 Å². The Bertz CT molecular complexity index is 1390. The molecular formula is C20H12Cl2FN3O5S2. The van der Waals surface area contributed by atoms with E-state index in [9.17, 15) is 27.2 Å². The highest BCUT2D eigenvalue weighted by Gasteiger charge is 2.32. The molecule has 1 aliphatic heterocycles. The lowest BCUT2D eigenvalue weighted by Crippen LogP contribution is -2.42. The van der Waals surface area contributed by atoms with Gasteiger partial charge in [-0.2, -0.15) is 0 Å². The van der Waals surface area contributed by atoms with Crippen LogP contribution in [0, 0.1) is 5.82 Å². The number of anilines is 2. The number of urea groups is 1. The van der Waals surface area contributed by atoms with E-state index < -0.39 is 33.7 Å². The fraction of sp³-hybridized carbons (Fsp3) is 0.0500. The topological polar surface area (TPSA) is 113 Å². The summed E-state index contributed by atoms with van der Waals surface area (Å²) in [5, 5.41) is 2.38. The molecule has 2 heterocycles. The second kappa shape index (κ2) is 8.75.